The van der Waals surface area contributed by atoms with Gasteiger partial charge in [-0.2, -0.15) is 4.31 Å². The number of nitrogens with one attached hydrogen (secondary N) is 1. The molecule has 2 heterocycles. The summed E-state index contributed by atoms with van der Waals surface area (Å²) < 4.78 is 29.2. The van der Waals surface area contributed by atoms with Gasteiger partial charge < -0.3 is 10.2 Å². The van der Waals surface area contributed by atoms with Crippen molar-refractivity contribution in [3.63, 3.8) is 0 Å². The first-order chi connectivity index (χ1) is 17.2. The van der Waals surface area contributed by atoms with E-state index in [2.05, 4.69) is 33.4 Å². The van der Waals surface area contributed by atoms with Crippen molar-refractivity contribution < 1.29 is 18.0 Å². The highest BCUT2D eigenvalue weighted by atomic mass is 79.9. The van der Waals surface area contributed by atoms with Gasteiger partial charge in [0.05, 0.1) is 10.8 Å². The first-order valence-corrected chi connectivity index (χ1v) is 14.9. The number of amides is 2. The Balaban J connectivity index is 1.44. The molecule has 0 spiro atoms. The third kappa shape index (κ3) is 5.84. The summed E-state index contributed by atoms with van der Waals surface area (Å²) in [5, 5.41) is 3.09. The maximum atomic E-state index is 13.7. The molecule has 2 aliphatic rings. The third-order valence-corrected chi connectivity index (χ3v) is 9.93. The number of nitrogens with zero attached hydrogens (tertiary/aromatic N) is 2. The van der Waals surface area contributed by atoms with E-state index in [0.29, 0.717) is 48.9 Å². The van der Waals surface area contributed by atoms with Crippen LogP contribution in [0.2, 0.25) is 0 Å². The molecule has 0 radical (unpaired) electrons. The second-order valence-electron chi connectivity index (χ2n) is 9.70. The van der Waals surface area contributed by atoms with Gasteiger partial charge in [0.15, 0.2) is 0 Å². The highest BCUT2D eigenvalue weighted by Crippen LogP contribution is 2.37. The van der Waals surface area contributed by atoms with Crippen LogP contribution >= 0.6 is 15.9 Å². The van der Waals surface area contributed by atoms with Crippen LogP contribution in [0.1, 0.15) is 50.7 Å². The third-order valence-electron chi connectivity index (χ3n) is 7.10. The summed E-state index contributed by atoms with van der Waals surface area (Å²) in [6.07, 6.45) is 4.04. The summed E-state index contributed by atoms with van der Waals surface area (Å²) in [5.74, 6) is -0.502. The zero-order chi connectivity index (χ0) is 25.9. The summed E-state index contributed by atoms with van der Waals surface area (Å²) in [6.45, 7) is 4.88. The van der Waals surface area contributed by atoms with Crippen molar-refractivity contribution >= 4 is 43.5 Å². The molecule has 36 heavy (non-hydrogen) atoms. The minimum atomic E-state index is -3.84. The average Bonchev–Trinajstić information content (AvgIpc) is 3.29. The van der Waals surface area contributed by atoms with Gasteiger partial charge in [-0.1, -0.05) is 37.3 Å². The highest BCUT2D eigenvalue weighted by molar-refractivity contribution is 9.10. The van der Waals surface area contributed by atoms with Crippen molar-refractivity contribution in [1.29, 1.82) is 0 Å². The van der Waals surface area contributed by atoms with Crippen molar-refractivity contribution in [2.75, 3.05) is 24.5 Å². The van der Waals surface area contributed by atoms with E-state index in [0.717, 1.165) is 18.4 Å². The Bertz CT molecular complexity index is 1220. The Labute approximate surface area is 222 Å². The Hall–Kier alpha value is -2.23. The second-order valence-corrected chi connectivity index (χ2v) is 12.5. The van der Waals surface area contributed by atoms with Gasteiger partial charge in [-0.25, -0.2) is 8.42 Å². The minimum absolute atomic E-state index is 0.00219. The fraction of sp³-hybridized carbons (Fsp3) is 0.481. The van der Waals surface area contributed by atoms with Crippen LogP contribution < -0.4 is 10.2 Å². The van der Waals surface area contributed by atoms with Crippen molar-refractivity contribution in [3.8, 4) is 0 Å². The highest BCUT2D eigenvalue weighted by Gasteiger charge is 2.36. The summed E-state index contributed by atoms with van der Waals surface area (Å²) in [4.78, 5) is 27.2. The first-order valence-electron chi connectivity index (χ1n) is 12.7. The molecule has 1 N–H and O–H groups in total. The van der Waals surface area contributed by atoms with E-state index in [1.807, 2.05) is 31.2 Å². The predicted octanol–water partition coefficient (Wildman–Crippen LogP) is 4.29. The molecule has 2 aromatic carbocycles. The number of anilines is 1. The van der Waals surface area contributed by atoms with Crippen LogP contribution in [0.15, 0.2) is 51.8 Å². The molecule has 2 aliphatic heterocycles. The van der Waals surface area contributed by atoms with Gasteiger partial charge in [0.2, 0.25) is 21.8 Å². The smallest absolute Gasteiger partial charge is 0.244 e. The summed E-state index contributed by atoms with van der Waals surface area (Å²) >= 11 is 3.45. The number of rotatable bonds is 8. The second kappa shape index (κ2) is 11.4. The molecular weight excluding hydrogens is 542 g/mol. The standard InChI is InChI=1S/C27H34BrN3O4S/c1-3-26(32)31-15-13-21-16-23(28)25(17-24(21)31)36(34,35)30-14-7-10-22(18-30)27(33)29-19(2)11-12-20-8-5-4-6-9-20/h4-6,8-9,16-17,19,22H,3,7,10-15,18H2,1-2H3,(H,29,33)/t19-,22-/m0/s1. The zero-order valence-electron chi connectivity index (χ0n) is 20.9. The number of benzene rings is 2. The van der Waals surface area contributed by atoms with Crippen molar-refractivity contribution in [2.45, 2.75) is 63.3 Å². The Morgan fingerprint density at radius 3 is 2.64 bits per heavy atom. The van der Waals surface area contributed by atoms with Crippen LogP contribution in [-0.2, 0) is 32.5 Å². The van der Waals surface area contributed by atoms with Gasteiger partial charge in [0, 0.05) is 42.3 Å². The maximum absolute atomic E-state index is 13.7. The normalized spacial score (nSPS) is 19.1. The molecule has 2 amide bonds. The number of hydrogen-bond acceptors (Lipinski definition) is 4. The van der Waals surface area contributed by atoms with Gasteiger partial charge in [-0.15, -0.1) is 0 Å². The number of carbonyl (C=O) groups is 2. The molecule has 0 saturated carbocycles. The van der Waals surface area contributed by atoms with Crippen LogP contribution in [0.3, 0.4) is 0 Å². The molecule has 2 aromatic rings. The van der Waals surface area contributed by atoms with E-state index in [4.69, 9.17) is 0 Å². The van der Waals surface area contributed by atoms with Crippen molar-refractivity contribution in [3.05, 3.63) is 58.1 Å². The fourth-order valence-electron chi connectivity index (χ4n) is 5.01. The van der Waals surface area contributed by atoms with Gasteiger partial charge in [0.1, 0.15) is 0 Å². The van der Waals surface area contributed by atoms with E-state index < -0.39 is 10.0 Å². The fourth-order valence-corrected chi connectivity index (χ4v) is 7.60. The maximum Gasteiger partial charge on any atom is 0.244 e. The van der Waals surface area contributed by atoms with Gasteiger partial charge in [0.25, 0.3) is 0 Å². The Kier molecular flexibility index (Phi) is 8.52. The summed E-state index contributed by atoms with van der Waals surface area (Å²) in [6, 6.07) is 13.6. The quantitative estimate of drug-likeness (QED) is 0.508. The molecule has 0 aliphatic carbocycles. The molecule has 9 heteroatoms. The predicted molar refractivity (Wildman–Crippen MR) is 144 cm³/mol. The van der Waals surface area contributed by atoms with E-state index in [1.165, 1.54) is 9.87 Å². The Morgan fingerprint density at radius 1 is 1.17 bits per heavy atom. The van der Waals surface area contributed by atoms with Crippen molar-refractivity contribution in [1.82, 2.24) is 9.62 Å². The number of piperidine rings is 1. The topological polar surface area (TPSA) is 86.8 Å². The van der Waals surface area contributed by atoms with Gasteiger partial charge in [-0.05, 0) is 78.2 Å². The number of hydrogen-bond donors (Lipinski definition) is 1. The lowest BCUT2D eigenvalue weighted by atomic mass is 9.98. The van der Waals surface area contributed by atoms with Gasteiger partial charge in [-0.3, -0.25) is 9.59 Å². The minimum Gasteiger partial charge on any atom is -0.353 e. The zero-order valence-corrected chi connectivity index (χ0v) is 23.3. The molecule has 7 nitrogen and oxygen atoms in total. The summed E-state index contributed by atoms with van der Waals surface area (Å²) in [7, 11) is -3.84. The first kappa shape index (κ1) is 26.8. The average molecular weight is 577 g/mol. The van der Waals surface area contributed by atoms with Crippen LogP contribution in [0, 0.1) is 5.92 Å². The van der Waals surface area contributed by atoms with E-state index >= 15 is 0 Å². The summed E-state index contributed by atoms with van der Waals surface area (Å²) in [5.41, 5.74) is 2.86. The van der Waals surface area contributed by atoms with Crippen molar-refractivity contribution in [2.24, 2.45) is 5.92 Å². The monoisotopic (exact) mass is 575 g/mol. The molecule has 1 fully saturated rings. The molecule has 2 atom stereocenters. The largest absolute Gasteiger partial charge is 0.353 e. The molecule has 0 unspecified atom stereocenters. The van der Waals surface area contributed by atoms with Crippen LogP contribution in [0.25, 0.3) is 0 Å². The molecular formula is C27H34BrN3O4S. The molecule has 0 aromatic heterocycles. The van der Waals surface area contributed by atoms with E-state index in [1.54, 1.807) is 17.9 Å². The molecule has 4 rings (SSSR count). The Morgan fingerprint density at radius 2 is 1.92 bits per heavy atom. The SMILES string of the molecule is CCC(=O)N1CCc2cc(Br)c(S(=O)(=O)N3CCC[C@H](C(=O)N[C@@H](C)CCc4ccccc4)C3)cc21. The lowest BCUT2D eigenvalue weighted by molar-refractivity contribution is -0.126. The lowest BCUT2D eigenvalue weighted by Gasteiger charge is -2.32. The number of fused-ring (bicyclic) bond motifs is 1. The van der Waals surface area contributed by atoms with Crippen LogP contribution in [-0.4, -0.2) is 50.2 Å². The van der Waals surface area contributed by atoms with E-state index in [-0.39, 0.29) is 35.2 Å². The lowest BCUT2D eigenvalue weighted by Crippen LogP contribution is -2.47. The molecule has 0 bridgehead atoms. The number of sulfonamides is 1. The van der Waals surface area contributed by atoms with Crippen LogP contribution in [0.4, 0.5) is 5.69 Å². The molecule has 194 valence electrons. The van der Waals surface area contributed by atoms with E-state index in [9.17, 15) is 18.0 Å². The van der Waals surface area contributed by atoms with Crippen LogP contribution in [0.5, 0.6) is 0 Å². The van der Waals surface area contributed by atoms with Gasteiger partial charge >= 0.3 is 0 Å². The number of aryl methyl sites for hydroxylation is 1. The molecule has 1 saturated heterocycles. The number of carbonyl (C=O) groups excluding carboxylic acids is 2. The number of halogens is 1.